The van der Waals surface area contributed by atoms with Crippen molar-refractivity contribution in [3.05, 3.63) is 62.6 Å². The maximum Gasteiger partial charge on any atom is 0.153 e. The van der Waals surface area contributed by atoms with Gasteiger partial charge in [0.15, 0.2) is 6.29 Å². The standard InChI is InChI=1S/C14H9Cl3O2/c15-11-3-1-9(2-4-11)8-19-14-6-13(17)12(16)5-10(14)7-18/h1-7H,8H2. The van der Waals surface area contributed by atoms with Crippen LogP contribution in [0.25, 0.3) is 0 Å². The number of hydrogen-bond donors (Lipinski definition) is 0. The van der Waals surface area contributed by atoms with Crippen LogP contribution in [-0.2, 0) is 6.61 Å². The van der Waals surface area contributed by atoms with Gasteiger partial charge in [0, 0.05) is 11.1 Å². The van der Waals surface area contributed by atoms with Gasteiger partial charge in [0.2, 0.25) is 0 Å². The number of carbonyl (C=O) groups is 1. The smallest absolute Gasteiger partial charge is 0.153 e. The fourth-order valence-corrected chi connectivity index (χ4v) is 1.95. The summed E-state index contributed by atoms with van der Waals surface area (Å²) in [5, 5.41) is 1.33. The highest BCUT2D eigenvalue weighted by Crippen LogP contribution is 2.30. The molecular weight excluding hydrogens is 307 g/mol. The number of hydrogen-bond acceptors (Lipinski definition) is 2. The van der Waals surface area contributed by atoms with Gasteiger partial charge < -0.3 is 4.74 Å². The third-order valence-corrected chi connectivity index (χ3v) is 3.46. The average molecular weight is 316 g/mol. The monoisotopic (exact) mass is 314 g/mol. The van der Waals surface area contributed by atoms with Gasteiger partial charge in [0.1, 0.15) is 12.4 Å². The van der Waals surface area contributed by atoms with Gasteiger partial charge in [0.05, 0.1) is 15.6 Å². The van der Waals surface area contributed by atoms with Crippen LogP contribution in [0.4, 0.5) is 0 Å². The van der Waals surface area contributed by atoms with E-state index in [9.17, 15) is 4.79 Å². The second-order valence-electron chi connectivity index (χ2n) is 3.84. The number of benzene rings is 2. The van der Waals surface area contributed by atoms with E-state index in [-0.39, 0.29) is 0 Å². The van der Waals surface area contributed by atoms with Crippen molar-refractivity contribution in [2.24, 2.45) is 0 Å². The lowest BCUT2D eigenvalue weighted by Gasteiger charge is -2.10. The Balaban J connectivity index is 2.17. The van der Waals surface area contributed by atoms with Gasteiger partial charge in [-0.05, 0) is 23.8 Å². The van der Waals surface area contributed by atoms with Gasteiger partial charge in [-0.25, -0.2) is 0 Å². The first kappa shape index (κ1) is 14.2. The summed E-state index contributed by atoms with van der Waals surface area (Å²) in [5.41, 5.74) is 1.30. The maximum absolute atomic E-state index is 10.9. The molecule has 5 heteroatoms. The van der Waals surface area contributed by atoms with Crippen LogP contribution >= 0.6 is 34.8 Å². The van der Waals surface area contributed by atoms with Crippen LogP contribution in [0.15, 0.2) is 36.4 Å². The van der Waals surface area contributed by atoms with Crippen LogP contribution < -0.4 is 4.74 Å². The molecule has 0 radical (unpaired) electrons. The molecule has 2 nitrogen and oxygen atoms in total. The van der Waals surface area contributed by atoms with Crippen LogP contribution in [0.1, 0.15) is 15.9 Å². The quantitative estimate of drug-likeness (QED) is 0.739. The normalized spacial score (nSPS) is 10.3. The summed E-state index contributed by atoms with van der Waals surface area (Å²) in [4.78, 5) is 10.9. The van der Waals surface area contributed by atoms with Crippen molar-refractivity contribution in [1.29, 1.82) is 0 Å². The molecule has 2 aromatic carbocycles. The zero-order chi connectivity index (χ0) is 13.8. The Labute approximate surface area is 125 Å². The maximum atomic E-state index is 10.9. The number of ether oxygens (including phenoxy) is 1. The van der Waals surface area contributed by atoms with Crippen molar-refractivity contribution >= 4 is 41.1 Å². The van der Waals surface area contributed by atoms with Gasteiger partial charge in [0.25, 0.3) is 0 Å². The molecule has 0 N–H and O–H groups in total. The Kier molecular flexibility index (Phi) is 4.70. The molecule has 0 amide bonds. The van der Waals surface area contributed by atoms with Crippen LogP contribution in [0.2, 0.25) is 15.1 Å². The summed E-state index contributed by atoms with van der Waals surface area (Å²) in [6.07, 6.45) is 0.680. The average Bonchev–Trinajstić information content (AvgIpc) is 2.41. The number of rotatable bonds is 4. The fourth-order valence-electron chi connectivity index (χ4n) is 1.50. The van der Waals surface area contributed by atoms with Gasteiger partial charge in [-0.1, -0.05) is 46.9 Å². The van der Waals surface area contributed by atoms with E-state index in [1.54, 1.807) is 12.1 Å². The zero-order valence-electron chi connectivity index (χ0n) is 9.70. The fraction of sp³-hybridized carbons (Fsp3) is 0.0714. The van der Waals surface area contributed by atoms with Crippen LogP contribution in [0.3, 0.4) is 0 Å². The van der Waals surface area contributed by atoms with Crippen LogP contribution in [-0.4, -0.2) is 6.29 Å². The molecule has 2 rings (SSSR count). The van der Waals surface area contributed by atoms with Crippen LogP contribution in [0, 0.1) is 0 Å². The molecule has 0 aliphatic heterocycles. The Bertz CT molecular complexity index is 594. The van der Waals surface area contributed by atoms with E-state index in [1.807, 2.05) is 12.1 Å². The Morgan fingerprint density at radius 1 is 1.00 bits per heavy atom. The minimum absolute atomic E-state index is 0.315. The Morgan fingerprint density at radius 2 is 1.63 bits per heavy atom. The molecule has 0 heterocycles. The number of halogens is 3. The van der Waals surface area contributed by atoms with E-state index in [0.29, 0.717) is 39.3 Å². The first-order chi connectivity index (χ1) is 9.10. The molecule has 0 fully saturated rings. The van der Waals surface area contributed by atoms with E-state index in [0.717, 1.165) is 5.56 Å². The highest BCUT2D eigenvalue weighted by molar-refractivity contribution is 6.42. The molecule has 2 aromatic rings. The minimum atomic E-state index is 0.315. The SMILES string of the molecule is O=Cc1cc(Cl)c(Cl)cc1OCc1ccc(Cl)cc1. The summed E-state index contributed by atoms with van der Waals surface area (Å²) < 4.78 is 5.57. The number of aldehydes is 1. The van der Waals surface area contributed by atoms with Crippen molar-refractivity contribution in [3.8, 4) is 5.75 Å². The molecule has 0 atom stereocenters. The van der Waals surface area contributed by atoms with Crippen molar-refractivity contribution < 1.29 is 9.53 Å². The van der Waals surface area contributed by atoms with Gasteiger partial charge in [-0.2, -0.15) is 0 Å². The molecule has 0 unspecified atom stereocenters. The highest BCUT2D eigenvalue weighted by atomic mass is 35.5. The van der Waals surface area contributed by atoms with E-state index < -0.39 is 0 Å². The van der Waals surface area contributed by atoms with Gasteiger partial charge in [-0.3, -0.25) is 4.79 Å². The molecule has 0 aromatic heterocycles. The molecule has 0 spiro atoms. The lowest BCUT2D eigenvalue weighted by atomic mass is 10.2. The first-order valence-electron chi connectivity index (χ1n) is 5.41. The van der Waals surface area contributed by atoms with E-state index >= 15 is 0 Å². The lowest BCUT2D eigenvalue weighted by Crippen LogP contribution is -1.98. The second kappa shape index (κ2) is 6.29. The predicted molar refractivity (Wildman–Crippen MR) is 77.6 cm³/mol. The van der Waals surface area contributed by atoms with Crippen molar-refractivity contribution in [1.82, 2.24) is 0 Å². The molecular formula is C14H9Cl3O2. The number of carbonyl (C=O) groups excluding carboxylic acids is 1. The predicted octanol–water partition coefficient (Wildman–Crippen LogP) is 5.04. The van der Waals surface area contributed by atoms with Crippen molar-refractivity contribution in [2.45, 2.75) is 6.61 Å². The summed E-state index contributed by atoms with van der Waals surface area (Å²) in [6, 6.07) is 10.3. The molecule has 19 heavy (non-hydrogen) atoms. The van der Waals surface area contributed by atoms with E-state index in [1.165, 1.54) is 12.1 Å². The molecule has 98 valence electrons. The minimum Gasteiger partial charge on any atom is -0.488 e. The van der Waals surface area contributed by atoms with E-state index in [4.69, 9.17) is 39.5 Å². The summed E-state index contributed by atoms with van der Waals surface area (Å²) in [6.45, 7) is 0.315. The highest BCUT2D eigenvalue weighted by Gasteiger charge is 2.08. The Morgan fingerprint density at radius 3 is 2.26 bits per heavy atom. The molecule has 0 saturated carbocycles. The van der Waals surface area contributed by atoms with E-state index in [2.05, 4.69) is 0 Å². The summed E-state index contributed by atoms with van der Waals surface area (Å²) in [5.74, 6) is 0.402. The third kappa shape index (κ3) is 3.63. The Hall–Kier alpha value is -1.22. The lowest BCUT2D eigenvalue weighted by molar-refractivity contribution is 0.111. The topological polar surface area (TPSA) is 26.3 Å². The second-order valence-corrected chi connectivity index (χ2v) is 5.09. The molecule has 0 aliphatic rings. The first-order valence-corrected chi connectivity index (χ1v) is 6.55. The third-order valence-electron chi connectivity index (χ3n) is 2.49. The van der Waals surface area contributed by atoms with Crippen molar-refractivity contribution in [3.63, 3.8) is 0 Å². The van der Waals surface area contributed by atoms with Gasteiger partial charge >= 0.3 is 0 Å². The molecule has 0 aliphatic carbocycles. The molecule has 0 saturated heterocycles. The zero-order valence-corrected chi connectivity index (χ0v) is 12.0. The van der Waals surface area contributed by atoms with Gasteiger partial charge in [-0.15, -0.1) is 0 Å². The van der Waals surface area contributed by atoms with Crippen molar-refractivity contribution in [2.75, 3.05) is 0 Å². The summed E-state index contributed by atoms with van der Waals surface area (Å²) >= 11 is 17.5. The van der Waals surface area contributed by atoms with Crippen LogP contribution in [0.5, 0.6) is 5.75 Å². The molecule has 0 bridgehead atoms. The largest absolute Gasteiger partial charge is 0.488 e. The summed E-state index contributed by atoms with van der Waals surface area (Å²) in [7, 11) is 0.